The van der Waals surface area contributed by atoms with Gasteiger partial charge in [0.05, 0.1) is 0 Å². The fourth-order valence-corrected chi connectivity index (χ4v) is 1.71. The van der Waals surface area contributed by atoms with Gasteiger partial charge in [-0.15, -0.1) is 0 Å². The highest BCUT2D eigenvalue weighted by molar-refractivity contribution is 5.85. The standard InChI is InChI=1S/C13H27N3O4/c1-7-8-10(11(18)14-9-17)16(15(5)6)12(19)20-13(2,3)4/h10,17H,7-9H2,1-6H3,(H,14,18). The first-order chi connectivity index (χ1) is 9.14. The van der Waals surface area contributed by atoms with Crippen molar-refractivity contribution in [1.82, 2.24) is 15.3 Å². The fraction of sp³-hybridized carbons (Fsp3) is 0.846. The van der Waals surface area contributed by atoms with E-state index in [0.29, 0.717) is 6.42 Å². The number of aliphatic hydroxyl groups is 1. The third-order valence-electron chi connectivity index (χ3n) is 2.42. The Hall–Kier alpha value is -1.34. The van der Waals surface area contributed by atoms with E-state index in [0.717, 1.165) is 6.42 Å². The largest absolute Gasteiger partial charge is 0.443 e. The Balaban J connectivity index is 5.17. The molecule has 118 valence electrons. The Kier molecular flexibility index (Phi) is 7.52. The average molecular weight is 289 g/mol. The number of hydrazine groups is 1. The van der Waals surface area contributed by atoms with Crippen LogP contribution in [0.2, 0.25) is 0 Å². The predicted molar refractivity (Wildman–Crippen MR) is 75.7 cm³/mol. The number of nitrogens with zero attached hydrogens (tertiary/aromatic N) is 2. The molecule has 1 unspecified atom stereocenters. The third kappa shape index (κ3) is 6.21. The van der Waals surface area contributed by atoms with Crippen molar-refractivity contribution in [1.29, 1.82) is 0 Å². The molecule has 0 aromatic carbocycles. The number of hydrogen-bond acceptors (Lipinski definition) is 5. The Labute approximate surface area is 120 Å². The van der Waals surface area contributed by atoms with Gasteiger partial charge < -0.3 is 15.2 Å². The molecule has 2 N–H and O–H groups in total. The lowest BCUT2D eigenvalue weighted by Crippen LogP contribution is -2.56. The van der Waals surface area contributed by atoms with Gasteiger partial charge in [-0.1, -0.05) is 13.3 Å². The van der Waals surface area contributed by atoms with Gasteiger partial charge in [0.15, 0.2) is 0 Å². The van der Waals surface area contributed by atoms with Gasteiger partial charge in [-0.25, -0.2) is 14.8 Å². The second-order valence-corrected chi connectivity index (χ2v) is 5.68. The molecular weight excluding hydrogens is 262 g/mol. The highest BCUT2D eigenvalue weighted by Crippen LogP contribution is 2.15. The van der Waals surface area contributed by atoms with Crippen LogP contribution in [0.4, 0.5) is 4.79 Å². The van der Waals surface area contributed by atoms with E-state index in [2.05, 4.69) is 5.32 Å². The van der Waals surface area contributed by atoms with Crippen LogP contribution in [-0.4, -0.2) is 59.6 Å². The molecule has 0 aromatic heterocycles. The zero-order valence-electron chi connectivity index (χ0n) is 13.3. The first kappa shape index (κ1) is 18.7. The monoisotopic (exact) mass is 289 g/mol. The van der Waals surface area contributed by atoms with Gasteiger partial charge >= 0.3 is 6.09 Å². The summed E-state index contributed by atoms with van der Waals surface area (Å²) in [6.07, 6.45) is 0.606. The molecule has 0 rings (SSSR count). The highest BCUT2D eigenvalue weighted by atomic mass is 16.6. The SMILES string of the molecule is CCCC(C(=O)NCO)N(C(=O)OC(C)(C)C)N(C)C. The van der Waals surface area contributed by atoms with Crippen LogP contribution in [0.3, 0.4) is 0 Å². The van der Waals surface area contributed by atoms with E-state index >= 15 is 0 Å². The maximum absolute atomic E-state index is 12.2. The first-order valence-electron chi connectivity index (χ1n) is 6.72. The van der Waals surface area contributed by atoms with E-state index in [1.54, 1.807) is 34.9 Å². The highest BCUT2D eigenvalue weighted by Gasteiger charge is 2.33. The number of nitrogens with one attached hydrogen (secondary N) is 1. The molecule has 0 spiro atoms. The van der Waals surface area contributed by atoms with Gasteiger partial charge in [0.2, 0.25) is 5.91 Å². The van der Waals surface area contributed by atoms with Crippen LogP contribution in [0.25, 0.3) is 0 Å². The number of aliphatic hydroxyl groups excluding tert-OH is 1. The van der Waals surface area contributed by atoms with E-state index in [4.69, 9.17) is 9.84 Å². The van der Waals surface area contributed by atoms with E-state index in [-0.39, 0.29) is 0 Å². The summed E-state index contributed by atoms with van der Waals surface area (Å²) >= 11 is 0. The number of ether oxygens (including phenoxy) is 1. The van der Waals surface area contributed by atoms with Gasteiger partial charge in [0, 0.05) is 14.1 Å². The maximum Gasteiger partial charge on any atom is 0.425 e. The van der Waals surface area contributed by atoms with Crippen molar-refractivity contribution >= 4 is 12.0 Å². The number of amides is 2. The molecule has 0 heterocycles. The quantitative estimate of drug-likeness (QED) is 0.561. The smallest absolute Gasteiger partial charge is 0.425 e. The summed E-state index contributed by atoms with van der Waals surface area (Å²) in [6, 6.07) is -0.711. The summed E-state index contributed by atoms with van der Waals surface area (Å²) in [5, 5.41) is 13.9. The van der Waals surface area contributed by atoms with Crippen molar-refractivity contribution in [2.75, 3.05) is 20.8 Å². The third-order valence-corrected chi connectivity index (χ3v) is 2.42. The molecule has 0 aromatic rings. The Morgan fingerprint density at radius 3 is 2.20 bits per heavy atom. The van der Waals surface area contributed by atoms with Crippen molar-refractivity contribution in [3.05, 3.63) is 0 Å². The molecule has 0 saturated heterocycles. The van der Waals surface area contributed by atoms with Crippen molar-refractivity contribution in [2.45, 2.75) is 52.2 Å². The molecule has 0 aliphatic rings. The van der Waals surface area contributed by atoms with Crippen LogP contribution in [-0.2, 0) is 9.53 Å². The van der Waals surface area contributed by atoms with Crippen LogP contribution in [0.5, 0.6) is 0 Å². The molecule has 7 heteroatoms. The van der Waals surface area contributed by atoms with Crippen LogP contribution >= 0.6 is 0 Å². The van der Waals surface area contributed by atoms with Crippen molar-refractivity contribution < 1.29 is 19.4 Å². The lowest BCUT2D eigenvalue weighted by molar-refractivity contribution is -0.134. The number of carbonyl (C=O) groups excluding carboxylic acids is 2. The lowest BCUT2D eigenvalue weighted by Gasteiger charge is -2.36. The molecule has 2 amide bonds. The average Bonchev–Trinajstić information content (AvgIpc) is 2.25. The molecule has 0 radical (unpaired) electrons. The molecule has 0 aliphatic heterocycles. The molecular formula is C13H27N3O4. The Morgan fingerprint density at radius 2 is 1.85 bits per heavy atom. The lowest BCUT2D eigenvalue weighted by atomic mass is 10.1. The molecule has 0 bridgehead atoms. The minimum absolute atomic E-state index is 0.408. The van der Waals surface area contributed by atoms with Gasteiger partial charge in [-0.05, 0) is 27.2 Å². The summed E-state index contributed by atoms with van der Waals surface area (Å²) in [6.45, 7) is 6.75. The minimum atomic E-state index is -0.711. The summed E-state index contributed by atoms with van der Waals surface area (Å²) in [5.74, 6) is -0.408. The van der Waals surface area contributed by atoms with Crippen molar-refractivity contribution in [2.24, 2.45) is 0 Å². The van der Waals surface area contributed by atoms with Gasteiger partial charge in [-0.2, -0.15) is 0 Å². The Morgan fingerprint density at radius 1 is 1.30 bits per heavy atom. The minimum Gasteiger partial charge on any atom is -0.443 e. The molecule has 7 nitrogen and oxygen atoms in total. The molecule has 0 saturated carbocycles. The summed E-state index contributed by atoms with van der Waals surface area (Å²) < 4.78 is 5.32. The molecule has 0 aliphatic carbocycles. The van der Waals surface area contributed by atoms with Gasteiger partial charge in [-0.3, -0.25) is 4.79 Å². The van der Waals surface area contributed by atoms with Crippen LogP contribution in [0, 0.1) is 0 Å². The van der Waals surface area contributed by atoms with E-state index in [1.807, 2.05) is 6.92 Å². The summed E-state index contributed by atoms with van der Waals surface area (Å²) in [5.41, 5.74) is -0.643. The number of hydrogen-bond donors (Lipinski definition) is 2. The zero-order chi connectivity index (χ0) is 15.9. The first-order valence-corrected chi connectivity index (χ1v) is 6.72. The van der Waals surface area contributed by atoms with Crippen LogP contribution in [0.1, 0.15) is 40.5 Å². The van der Waals surface area contributed by atoms with E-state index in [1.165, 1.54) is 10.0 Å². The second-order valence-electron chi connectivity index (χ2n) is 5.68. The van der Waals surface area contributed by atoms with Crippen molar-refractivity contribution in [3.8, 4) is 0 Å². The van der Waals surface area contributed by atoms with E-state index in [9.17, 15) is 9.59 Å². The topological polar surface area (TPSA) is 82.1 Å². The van der Waals surface area contributed by atoms with Gasteiger partial charge in [0.25, 0.3) is 0 Å². The fourth-order valence-electron chi connectivity index (χ4n) is 1.71. The number of rotatable bonds is 6. The van der Waals surface area contributed by atoms with Crippen LogP contribution in [0.15, 0.2) is 0 Å². The summed E-state index contributed by atoms with van der Waals surface area (Å²) in [7, 11) is 3.33. The molecule has 1 atom stereocenters. The molecule has 0 fully saturated rings. The Bertz CT molecular complexity index is 326. The van der Waals surface area contributed by atoms with Crippen LogP contribution < -0.4 is 5.32 Å². The zero-order valence-corrected chi connectivity index (χ0v) is 13.3. The molecule has 20 heavy (non-hydrogen) atoms. The number of carbonyl (C=O) groups is 2. The van der Waals surface area contributed by atoms with E-state index < -0.39 is 30.4 Å². The summed E-state index contributed by atoms with van der Waals surface area (Å²) in [4.78, 5) is 24.2. The van der Waals surface area contributed by atoms with Crippen molar-refractivity contribution in [3.63, 3.8) is 0 Å². The second kappa shape index (κ2) is 8.06. The van der Waals surface area contributed by atoms with Gasteiger partial charge in [0.1, 0.15) is 18.4 Å². The predicted octanol–water partition coefficient (Wildman–Crippen LogP) is 0.935. The normalized spacial score (nSPS) is 13.0. The maximum atomic E-state index is 12.2.